The van der Waals surface area contributed by atoms with Crippen LogP contribution in [-0.2, 0) is 55.8 Å². The van der Waals surface area contributed by atoms with E-state index >= 15 is 0 Å². The Bertz CT molecular complexity index is 4320. The first-order valence-electron chi connectivity index (χ1n) is 28.0. The molecule has 432 valence electrons. The van der Waals surface area contributed by atoms with Gasteiger partial charge in [0.1, 0.15) is 25.1 Å². The lowest BCUT2D eigenvalue weighted by Gasteiger charge is -2.17. The largest absolute Gasteiger partial charge is 0.361 e. The maximum absolute atomic E-state index is 13.8. The number of benzene rings is 6. The summed E-state index contributed by atoms with van der Waals surface area (Å²) < 4.78 is 74.2. The van der Waals surface area contributed by atoms with Gasteiger partial charge < -0.3 is 18.6 Å². The van der Waals surface area contributed by atoms with Crippen molar-refractivity contribution in [2.75, 3.05) is 13.2 Å². The van der Waals surface area contributed by atoms with Crippen LogP contribution < -0.4 is 0 Å². The number of aryl methyl sites for hydroxylation is 4. The second-order valence-electron chi connectivity index (χ2n) is 23.9. The van der Waals surface area contributed by atoms with Gasteiger partial charge in [0, 0.05) is 65.4 Å². The van der Waals surface area contributed by atoms with E-state index in [0.717, 1.165) is 101 Å². The zero-order valence-corrected chi connectivity index (χ0v) is 53.2. The quantitative estimate of drug-likeness (QED) is 0.0526. The molecule has 0 aliphatic heterocycles. The third kappa shape index (κ3) is 12.8. The highest BCUT2D eigenvalue weighted by Gasteiger charge is 2.26. The number of rotatable bonds is 20. The van der Waals surface area contributed by atoms with Crippen LogP contribution in [0, 0.1) is 50.4 Å². The number of nitrogens with zero attached hydrogens (tertiary/aromatic N) is 8. The Balaban J connectivity index is 0.000000202. The molecular weight excluding hydrogens is 1120 g/mol. The van der Waals surface area contributed by atoms with E-state index in [0.29, 0.717) is 61.7 Å². The minimum Gasteiger partial charge on any atom is -0.361 e. The molecule has 14 nitrogen and oxygen atoms in total. The smallest absolute Gasteiger partial charge is 0.268 e. The average Bonchev–Trinajstić information content (AvgIpc) is 1.76. The highest BCUT2D eigenvalue weighted by atomic mass is 32.2. The Morgan fingerprint density at radius 3 is 1.38 bits per heavy atom. The SMILES string of the molecule is C=Cc1cc(C)c(Cc2nc3cc(C#N)ccc3n2COCC[Si](C)(C)C)c2ccn(S(=O)(=O)c3ccc(C)cc3)c12.C=Cc1cc(C)c(Cc2nc3ccc(C#N)cc3n2COCC[Si](C)(C)C)c2ccn(S(=O)(=O)c3ccc(C)cc3)c12. The lowest BCUT2D eigenvalue weighted by atomic mass is 9.97. The van der Waals surface area contributed by atoms with E-state index in [1.807, 2.05) is 74.7 Å². The average molecular weight is 1190 g/mol. The first-order valence-corrected chi connectivity index (χ1v) is 38.3. The molecular formula is C66H72N8O6S2Si2. The number of aromatic nitrogens is 6. The molecule has 18 heteroatoms. The van der Waals surface area contributed by atoms with Crippen LogP contribution in [0.2, 0.25) is 51.4 Å². The molecule has 0 N–H and O–H groups in total. The second-order valence-corrected chi connectivity index (χ2v) is 38.8. The van der Waals surface area contributed by atoms with Crippen LogP contribution in [0.15, 0.2) is 145 Å². The monoisotopic (exact) mass is 1190 g/mol. The van der Waals surface area contributed by atoms with Crippen LogP contribution in [0.3, 0.4) is 0 Å². The topological polar surface area (TPSA) is 180 Å². The van der Waals surface area contributed by atoms with Crippen LogP contribution in [0.4, 0.5) is 0 Å². The number of imidazole rings is 2. The molecule has 0 bridgehead atoms. The molecule has 0 saturated carbocycles. The van der Waals surface area contributed by atoms with E-state index < -0.39 is 36.2 Å². The Morgan fingerprint density at radius 1 is 0.536 bits per heavy atom. The molecule has 0 radical (unpaired) electrons. The van der Waals surface area contributed by atoms with Crippen LogP contribution in [-0.4, -0.2) is 73.2 Å². The molecule has 0 aliphatic rings. The molecule has 10 aromatic rings. The van der Waals surface area contributed by atoms with Crippen LogP contribution in [0.5, 0.6) is 0 Å². The van der Waals surface area contributed by atoms with E-state index in [9.17, 15) is 27.4 Å². The normalized spacial score (nSPS) is 12.2. The summed E-state index contributed by atoms with van der Waals surface area (Å²) in [5.41, 5.74) is 13.0. The zero-order chi connectivity index (χ0) is 60.5. The van der Waals surface area contributed by atoms with Crippen molar-refractivity contribution in [3.63, 3.8) is 0 Å². The summed E-state index contributed by atoms with van der Waals surface area (Å²) >= 11 is 0. The Kier molecular flexibility index (Phi) is 17.6. The van der Waals surface area contributed by atoms with Crippen LogP contribution in [0.25, 0.3) is 56.0 Å². The van der Waals surface area contributed by atoms with Crippen molar-refractivity contribution in [1.29, 1.82) is 10.5 Å². The van der Waals surface area contributed by atoms with E-state index in [4.69, 9.17) is 19.4 Å². The van der Waals surface area contributed by atoms with Crippen molar-refractivity contribution in [3.8, 4) is 12.1 Å². The van der Waals surface area contributed by atoms with Gasteiger partial charge in [0.15, 0.2) is 0 Å². The highest BCUT2D eigenvalue weighted by molar-refractivity contribution is 7.90. The van der Waals surface area contributed by atoms with Crippen molar-refractivity contribution in [3.05, 3.63) is 202 Å². The molecule has 84 heavy (non-hydrogen) atoms. The van der Waals surface area contributed by atoms with Gasteiger partial charge in [-0.05, 0) is 158 Å². The van der Waals surface area contributed by atoms with Gasteiger partial charge in [-0.3, -0.25) is 0 Å². The summed E-state index contributed by atoms with van der Waals surface area (Å²) in [6, 6.07) is 39.0. The molecule has 10 rings (SSSR count). The fourth-order valence-corrected chi connectivity index (χ4v) is 14.6. The summed E-state index contributed by atoms with van der Waals surface area (Å²) in [4.78, 5) is 10.4. The van der Waals surface area contributed by atoms with Crippen molar-refractivity contribution >= 4 is 92.2 Å². The molecule has 0 fully saturated rings. The summed E-state index contributed by atoms with van der Waals surface area (Å²) in [7, 11) is -10.2. The number of hydrogen-bond acceptors (Lipinski definition) is 10. The molecule has 4 aromatic heterocycles. The predicted molar refractivity (Wildman–Crippen MR) is 344 cm³/mol. The van der Waals surface area contributed by atoms with Gasteiger partial charge in [-0.15, -0.1) is 0 Å². The number of nitriles is 2. The van der Waals surface area contributed by atoms with Gasteiger partial charge in [0.25, 0.3) is 20.0 Å². The van der Waals surface area contributed by atoms with Crippen molar-refractivity contribution in [1.82, 2.24) is 27.0 Å². The third-order valence-corrected chi connectivity index (χ3v) is 22.0. The Hall–Kier alpha value is -7.95. The fourth-order valence-electron chi connectivity index (χ4n) is 10.3. The van der Waals surface area contributed by atoms with Gasteiger partial charge in [-0.25, -0.2) is 34.7 Å². The molecule has 0 unspecified atom stereocenters. The van der Waals surface area contributed by atoms with E-state index in [2.05, 4.69) is 69.1 Å². The maximum Gasteiger partial charge on any atom is 0.268 e. The molecule has 0 atom stereocenters. The minimum atomic E-state index is -3.84. The lowest BCUT2D eigenvalue weighted by molar-refractivity contribution is 0.0880. The van der Waals surface area contributed by atoms with Gasteiger partial charge >= 0.3 is 0 Å². The molecule has 0 aliphatic carbocycles. The third-order valence-electron chi connectivity index (χ3n) is 15.2. The van der Waals surface area contributed by atoms with Crippen molar-refractivity contribution in [2.45, 2.75) is 115 Å². The zero-order valence-electron chi connectivity index (χ0n) is 49.6. The highest BCUT2D eigenvalue weighted by Crippen LogP contribution is 2.36. The molecule has 0 spiro atoms. The van der Waals surface area contributed by atoms with Crippen molar-refractivity contribution < 1.29 is 26.3 Å². The number of fused-ring (bicyclic) bond motifs is 4. The van der Waals surface area contributed by atoms with E-state index in [-0.39, 0.29) is 9.79 Å². The summed E-state index contributed by atoms with van der Waals surface area (Å²) in [5.74, 6) is 1.58. The Morgan fingerprint density at radius 2 is 0.952 bits per heavy atom. The second kappa shape index (κ2) is 24.3. The molecule has 0 amide bonds. The summed E-state index contributed by atoms with van der Waals surface area (Å²) in [6.07, 6.45) is 7.57. The maximum atomic E-state index is 13.8. The first-order chi connectivity index (χ1) is 39.8. The van der Waals surface area contributed by atoms with Gasteiger partial charge in [0.05, 0.1) is 66.2 Å². The lowest BCUT2D eigenvalue weighted by Crippen LogP contribution is -2.22. The molecule has 0 saturated heterocycles. The minimum absolute atomic E-state index is 0.230. The van der Waals surface area contributed by atoms with Gasteiger partial charge in [0.2, 0.25) is 0 Å². The fraction of sp³-hybridized carbons (Fsp3) is 0.273. The number of hydrogen-bond donors (Lipinski definition) is 0. The Labute approximate surface area is 495 Å². The van der Waals surface area contributed by atoms with Crippen LogP contribution in [0.1, 0.15) is 67.3 Å². The standard InChI is InChI=1S/2C33H36N4O3SSi/c1-7-26-18-24(3)29(28-14-15-37(33(26)28)41(38,39)27-11-8-23(2)9-12-27)20-32-35-30-19-25(21-34)10-13-31(30)36(32)22-40-16-17-42(4,5)6;1-7-26-18-24(3)29(28-14-15-37(33(26)28)41(38,39)27-11-8-23(2)9-12-27)20-32-35-30-13-10-25(21-34)19-31(30)36(32)22-40-16-17-42(4,5)6/h2*7-15,18-19H,1,16-17,20,22H2,2-6H3. The first kappa shape index (κ1) is 60.6. The predicted octanol–water partition coefficient (Wildman–Crippen LogP) is 14.5. The number of ether oxygens (including phenoxy) is 2. The van der Waals surface area contributed by atoms with E-state index in [1.54, 1.807) is 91.3 Å². The molecule has 6 aromatic carbocycles. The van der Waals surface area contributed by atoms with Gasteiger partial charge in [-0.2, -0.15) is 10.5 Å². The van der Waals surface area contributed by atoms with Gasteiger partial charge in [-0.1, -0.05) is 100.0 Å². The van der Waals surface area contributed by atoms with E-state index in [1.165, 1.54) is 7.94 Å². The molecule has 4 heterocycles. The summed E-state index contributed by atoms with van der Waals surface area (Å²) in [6.45, 7) is 31.8. The summed E-state index contributed by atoms with van der Waals surface area (Å²) in [5, 5.41) is 20.7. The van der Waals surface area contributed by atoms with Crippen molar-refractivity contribution in [2.24, 2.45) is 0 Å². The van der Waals surface area contributed by atoms with Crippen LogP contribution >= 0.6 is 0 Å².